The highest BCUT2D eigenvalue weighted by molar-refractivity contribution is 7.99. The molecule has 0 bridgehead atoms. The van der Waals surface area contributed by atoms with Crippen LogP contribution in [0.3, 0.4) is 0 Å². The van der Waals surface area contributed by atoms with Crippen LogP contribution < -0.4 is 10.1 Å². The van der Waals surface area contributed by atoms with Gasteiger partial charge in [-0.05, 0) is 43.3 Å². The average molecular weight is 406 g/mol. The summed E-state index contributed by atoms with van der Waals surface area (Å²) in [7, 11) is 0. The fraction of sp³-hybridized carbons (Fsp3) is 0.158. The number of hydrogen-bond acceptors (Lipinski definition) is 5. The summed E-state index contributed by atoms with van der Waals surface area (Å²) in [4.78, 5) is 17.4. The van der Waals surface area contributed by atoms with Gasteiger partial charge in [0.15, 0.2) is 0 Å². The van der Waals surface area contributed by atoms with E-state index in [0.717, 1.165) is 10.7 Å². The highest BCUT2D eigenvalue weighted by atomic mass is 32.2. The molecule has 0 aliphatic carbocycles. The van der Waals surface area contributed by atoms with E-state index in [9.17, 15) is 13.6 Å². The second kappa shape index (κ2) is 8.96. The third-order valence-electron chi connectivity index (χ3n) is 3.51. The molecule has 1 amide bonds. The topological polar surface area (TPSA) is 51.2 Å². The van der Waals surface area contributed by atoms with Crippen molar-refractivity contribution in [1.82, 2.24) is 4.98 Å². The zero-order valence-electron chi connectivity index (χ0n) is 14.3. The number of thiazole rings is 1. The van der Waals surface area contributed by atoms with E-state index in [1.165, 1.54) is 11.3 Å². The number of alkyl halides is 2. The Labute approximate surface area is 163 Å². The van der Waals surface area contributed by atoms with E-state index in [1.807, 2.05) is 12.3 Å². The number of carbonyl (C=O) groups is 1. The monoisotopic (exact) mass is 406 g/mol. The van der Waals surface area contributed by atoms with Gasteiger partial charge in [0, 0.05) is 16.0 Å². The third-order valence-corrected chi connectivity index (χ3v) is 5.06. The maximum Gasteiger partial charge on any atom is 0.288 e. The first kappa shape index (κ1) is 19.3. The number of aryl methyl sites for hydroxylation is 1. The summed E-state index contributed by atoms with van der Waals surface area (Å²) in [5.41, 5.74) is 1.71. The number of thioether (sulfide) groups is 1. The Morgan fingerprint density at radius 2 is 1.96 bits per heavy atom. The number of anilines is 1. The van der Waals surface area contributed by atoms with Crippen LogP contribution >= 0.6 is 23.1 Å². The average Bonchev–Trinajstić information content (AvgIpc) is 3.07. The lowest BCUT2D eigenvalue weighted by Crippen LogP contribution is -2.13. The molecule has 27 heavy (non-hydrogen) atoms. The number of carbonyl (C=O) groups excluding carboxylic acids is 1. The minimum absolute atomic E-state index is 0.272. The number of benzene rings is 2. The number of para-hydroxylation sites is 1. The van der Waals surface area contributed by atoms with Gasteiger partial charge >= 0.3 is 0 Å². The Morgan fingerprint density at radius 3 is 2.63 bits per heavy atom. The van der Waals surface area contributed by atoms with Crippen molar-refractivity contribution >= 4 is 34.7 Å². The number of halogens is 2. The number of hydrogen-bond donors (Lipinski definition) is 1. The molecule has 0 aliphatic heterocycles. The van der Waals surface area contributed by atoms with Gasteiger partial charge in [-0.15, -0.1) is 11.3 Å². The van der Waals surface area contributed by atoms with Crippen LogP contribution in [-0.2, 0) is 6.61 Å². The van der Waals surface area contributed by atoms with E-state index in [1.54, 1.807) is 48.5 Å². The number of aromatic nitrogens is 1. The quantitative estimate of drug-likeness (QED) is 0.519. The first-order valence-corrected chi connectivity index (χ1v) is 9.76. The smallest absolute Gasteiger partial charge is 0.288 e. The van der Waals surface area contributed by atoms with Crippen molar-refractivity contribution < 1.29 is 18.3 Å². The lowest BCUT2D eigenvalue weighted by Gasteiger charge is -2.11. The Kier molecular flexibility index (Phi) is 6.41. The van der Waals surface area contributed by atoms with Gasteiger partial charge < -0.3 is 10.1 Å². The third kappa shape index (κ3) is 5.51. The standard InChI is InChI=1S/C19H16F2N2O2S2/c1-12-22-14(11-26-12)10-25-17-5-3-2-4-16(17)18(24)23-13-6-8-15(9-7-13)27-19(20)21/h2-9,11,19H,10H2,1H3,(H,23,24). The highest BCUT2D eigenvalue weighted by Gasteiger charge is 2.13. The molecular weight excluding hydrogens is 390 g/mol. The maximum absolute atomic E-state index is 12.6. The van der Waals surface area contributed by atoms with Crippen LogP contribution in [0.1, 0.15) is 21.1 Å². The summed E-state index contributed by atoms with van der Waals surface area (Å²) in [6.07, 6.45) is 0. The molecule has 140 valence electrons. The van der Waals surface area contributed by atoms with Crippen LogP contribution in [0.15, 0.2) is 58.8 Å². The summed E-state index contributed by atoms with van der Waals surface area (Å²) in [5, 5.41) is 5.62. The molecule has 0 atom stereocenters. The number of nitrogens with one attached hydrogen (secondary N) is 1. The number of ether oxygens (including phenoxy) is 1. The molecule has 1 aromatic heterocycles. The van der Waals surface area contributed by atoms with Crippen molar-refractivity contribution in [2.24, 2.45) is 0 Å². The van der Waals surface area contributed by atoms with Crippen LogP contribution in [0.5, 0.6) is 5.75 Å². The summed E-state index contributed by atoms with van der Waals surface area (Å²) in [6.45, 7) is 2.19. The maximum atomic E-state index is 12.6. The van der Waals surface area contributed by atoms with Crippen molar-refractivity contribution in [2.45, 2.75) is 24.2 Å². The van der Waals surface area contributed by atoms with Crippen LogP contribution in [-0.4, -0.2) is 16.6 Å². The molecule has 0 unspecified atom stereocenters. The molecule has 3 rings (SSSR count). The predicted octanol–water partition coefficient (Wildman–Crippen LogP) is 5.60. The van der Waals surface area contributed by atoms with Gasteiger partial charge in [0.1, 0.15) is 12.4 Å². The molecule has 0 saturated heterocycles. The fourth-order valence-electron chi connectivity index (χ4n) is 2.32. The molecule has 4 nitrogen and oxygen atoms in total. The Hall–Kier alpha value is -2.45. The first-order chi connectivity index (χ1) is 13.0. The summed E-state index contributed by atoms with van der Waals surface area (Å²) in [5.74, 6) is -2.36. The minimum atomic E-state index is -2.48. The van der Waals surface area contributed by atoms with Crippen molar-refractivity contribution in [3.05, 3.63) is 70.2 Å². The van der Waals surface area contributed by atoms with Crippen molar-refractivity contribution in [1.29, 1.82) is 0 Å². The van der Waals surface area contributed by atoms with Crippen LogP contribution in [0, 0.1) is 6.92 Å². The van der Waals surface area contributed by atoms with Gasteiger partial charge in [0.2, 0.25) is 0 Å². The molecule has 1 heterocycles. The summed E-state index contributed by atoms with van der Waals surface area (Å²) < 4.78 is 30.5. The van der Waals surface area contributed by atoms with E-state index in [2.05, 4.69) is 10.3 Å². The molecule has 0 fully saturated rings. The normalized spacial score (nSPS) is 10.8. The second-order valence-electron chi connectivity index (χ2n) is 5.50. The van der Waals surface area contributed by atoms with E-state index in [-0.39, 0.29) is 12.5 Å². The lowest BCUT2D eigenvalue weighted by atomic mass is 10.2. The molecule has 0 spiro atoms. The molecule has 1 N–H and O–H groups in total. The SMILES string of the molecule is Cc1nc(COc2ccccc2C(=O)Nc2ccc(SC(F)F)cc2)cs1. The van der Waals surface area contributed by atoms with Gasteiger partial charge in [-0.1, -0.05) is 23.9 Å². The number of nitrogens with zero attached hydrogens (tertiary/aromatic N) is 1. The van der Waals surface area contributed by atoms with Gasteiger partial charge in [-0.2, -0.15) is 8.78 Å². The number of rotatable bonds is 7. The van der Waals surface area contributed by atoms with E-state index < -0.39 is 5.76 Å². The van der Waals surface area contributed by atoms with Gasteiger partial charge in [-0.25, -0.2) is 4.98 Å². The summed E-state index contributed by atoms with van der Waals surface area (Å²) >= 11 is 2.00. The van der Waals surface area contributed by atoms with Gasteiger partial charge in [-0.3, -0.25) is 4.79 Å². The zero-order chi connectivity index (χ0) is 19.2. The van der Waals surface area contributed by atoms with Crippen LogP contribution in [0.25, 0.3) is 0 Å². The van der Waals surface area contributed by atoms with Crippen LogP contribution in [0.4, 0.5) is 14.5 Å². The first-order valence-electron chi connectivity index (χ1n) is 8.00. The van der Waals surface area contributed by atoms with E-state index >= 15 is 0 Å². The molecule has 0 radical (unpaired) electrons. The Bertz CT molecular complexity index is 914. The lowest BCUT2D eigenvalue weighted by molar-refractivity contribution is 0.102. The Morgan fingerprint density at radius 1 is 1.22 bits per heavy atom. The second-order valence-corrected chi connectivity index (χ2v) is 7.63. The van der Waals surface area contributed by atoms with Gasteiger partial charge in [0.25, 0.3) is 11.7 Å². The largest absolute Gasteiger partial charge is 0.486 e. The molecule has 8 heteroatoms. The van der Waals surface area contributed by atoms with Gasteiger partial charge in [0.05, 0.1) is 16.3 Å². The molecular formula is C19H16F2N2O2S2. The molecule has 3 aromatic rings. The van der Waals surface area contributed by atoms with Crippen molar-refractivity contribution in [2.75, 3.05) is 5.32 Å². The molecule has 0 aliphatic rings. The predicted molar refractivity (Wildman–Crippen MR) is 104 cm³/mol. The van der Waals surface area contributed by atoms with Crippen molar-refractivity contribution in [3.63, 3.8) is 0 Å². The molecule has 2 aromatic carbocycles. The minimum Gasteiger partial charge on any atom is -0.486 e. The van der Waals surface area contributed by atoms with E-state index in [0.29, 0.717) is 33.7 Å². The summed E-state index contributed by atoms with van der Waals surface area (Å²) in [6, 6.07) is 13.2. The number of amides is 1. The fourth-order valence-corrected chi connectivity index (χ4v) is 3.42. The van der Waals surface area contributed by atoms with E-state index in [4.69, 9.17) is 4.74 Å². The zero-order valence-corrected chi connectivity index (χ0v) is 15.9. The highest BCUT2D eigenvalue weighted by Crippen LogP contribution is 2.27. The van der Waals surface area contributed by atoms with Crippen LogP contribution in [0.2, 0.25) is 0 Å². The van der Waals surface area contributed by atoms with Crippen molar-refractivity contribution in [3.8, 4) is 5.75 Å². The molecule has 0 saturated carbocycles. The Balaban J connectivity index is 1.67.